The van der Waals surface area contributed by atoms with Gasteiger partial charge in [0.05, 0.1) is 29.8 Å². The highest BCUT2D eigenvalue weighted by Crippen LogP contribution is 2.39. The third-order valence-corrected chi connectivity index (χ3v) is 7.29. The highest BCUT2D eigenvalue weighted by molar-refractivity contribution is 5.97. The third-order valence-electron chi connectivity index (χ3n) is 7.29. The molecule has 4 rings (SSSR count). The van der Waals surface area contributed by atoms with Crippen molar-refractivity contribution in [1.82, 2.24) is 15.1 Å². The number of rotatable bonds is 13. The Bertz CT molecular complexity index is 1700. The summed E-state index contributed by atoms with van der Waals surface area (Å²) in [5, 5.41) is 17.8. The molecule has 0 aliphatic heterocycles. The zero-order valence-corrected chi connectivity index (χ0v) is 25.3. The molecule has 3 N–H and O–H groups in total. The Hall–Kier alpha value is -5.34. The molecule has 1 unspecified atom stereocenters. The van der Waals surface area contributed by atoms with Crippen molar-refractivity contribution in [3.8, 4) is 11.4 Å². The van der Waals surface area contributed by atoms with E-state index in [0.29, 0.717) is 41.5 Å². The van der Waals surface area contributed by atoms with E-state index in [-0.39, 0.29) is 18.5 Å². The van der Waals surface area contributed by atoms with Gasteiger partial charge in [-0.05, 0) is 72.0 Å². The topological polar surface area (TPSA) is 123 Å². The number of carbonyl (C=O) groups is 3. The number of benzene rings is 3. The molecule has 2 amide bonds. The molecule has 48 heavy (non-hydrogen) atoms. The van der Waals surface area contributed by atoms with Crippen LogP contribution in [-0.2, 0) is 15.8 Å². The van der Waals surface area contributed by atoms with Crippen LogP contribution in [0.5, 0.6) is 5.75 Å². The largest absolute Gasteiger partial charge is 0.573 e. The molecule has 0 spiro atoms. The van der Waals surface area contributed by atoms with Gasteiger partial charge in [-0.15, -0.1) is 13.2 Å². The van der Waals surface area contributed by atoms with Crippen LogP contribution in [0.3, 0.4) is 0 Å². The van der Waals surface area contributed by atoms with Crippen LogP contribution in [-0.4, -0.2) is 45.6 Å². The molecule has 2 atom stereocenters. The van der Waals surface area contributed by atoms with Gasteiger partial charge in [0.15, 0.2) is 0 Å². The second-order valence-electron chi connectivity index (χ2n) is 10.7. The standard InChI is InChI=1S/C33H30F6N4O5/c1-2-3-27(20-4-6-22(7-5-20)30(46)40-17-16-28(44)45)29(21-8-14-26(15-9-21)48-33(37,38)39)31(47)42-24-10-12-25(13-11-24)43-19-23(18-41-43)32(34,35)36/h4-15,18-19,27,29H,2-3,16-17H2,1H3,(H,40,46)(H,42,47)(H,44,45)/t27?,29-/m1/s1. The van der Waals surface area contributed by atoms with Crippen LogP contribution in [0.1, 0.15) is 65.1 Å². The molecule has 1 aromatic heterocycles. The summed E-state index contributed by atoms with van der Waals surface area (Å²) in [6, 6.07) is 17.2. The van der Waals surface area contributed by atoms with E-state index in [2.05, 4.69) is 20.5 Å². The molecular weight excluding hydrogens is 646 g/mol. The zero-order valence-electron chi connectivity index (χ0n) is 25.3. The molecule has 4 aromatic rings. The average molecular weight is 677 g/mol. The van der Waals surface area contributed by atoms with E-state index in [0.717, 1.165) is 23.0 Å². The van der Waals surface area contributed by atoms with Gasteiger partial charge in [0.25, 0.3) is 5.91 Å². The van der Waals surface area contributed by atoms with Crippen LogP contribution < -0.4 is 15.4 Å². The summed E-state index contributed by atoms with van der Waals surface area (Å²) < 4.78 is 82.5. The SMILES string of the molecule is CCCC(c1ccc(C(=O)NCCC(=O)O)cc1)[C@H](C(=O)Nc1ccc(-n2cc(C(F)(F)F)cn2)cc1)c1ccc(OC(F)(F)F)cc1. The number of carboxylic acids is 1. The first-order chi connectivity index (χ1) is 22.6. The maximum absolute atomic E-state index is 14.0. The minimum Gasteiger partial charge on any atom is -0.481 e. The predicted octanol–water partition coefficient (Wildman–Crippen LogP) is 7.30. The fourth-order valence-electron chi connectivity index (χ4n) is 5.07. The highest BCUT2D eigenvalue weighted by Gasteiger charge is 2.34. The van der Waals surface area contributed by atoms with E-state index >= 15 is 0 Å². The van der Waals surface area contributed by atoms with Crippen LogP contribution in [0.4, 0.5) is 32.0 Å². The molecule has 0 saturated carbocycles. The number of carboxylic acid groups (broad SMARTS) is 1. The summed E-state index contributed by atoms with van der Waals surface area (Å²) in [4.78, 5) is 37.2. The summed E-state index contributed by atoms with van der Waals surface area (Å²) in [7, 11) is 0. The van der Waals surface area contributed by atoms with Gasteiger partial charge in [0, 0.05) is 24.0 Å². The quantitative estimate of drug-likeness (QED) is 0.128. The Morgan fingerprint density at radius 3 is 2.06 bits per heavy atom. The smallest absolute Gasteiger partial charge is 0.481 e. The summed E-state index contributed by atoms with van der Waals surface area (Å²) in [5.74, 6) is -4.00. The first kappa shape index (κ1) is 35.5. The van der Waals surface area contributed by atoms with Crippen LogP contribution >= 0.6 is 0 Å². The van der Waals surface area contributed by atoms with Gasteiger partial charge in [0.2, 0.25) is 5.91 Å². The second-order valence-corrected chi connectivity index (χ2v) is 10.7. The van der Waals surface area contributed by atoms with Crippen molar-refractivity contribution >= 4 is 23.5 Å². The van der Waals surface area contributed by atoms with E-state index in [1.54, 1.807) is 12.1 Å². The Balaban J connectivity index is 1.62. The molecule has 0 fully saturated rings. The number of aliphatic carboxylic acids is 1. The normalized spacial score (nSPS) is 13.0. The number of anilines is 1. The summed E-state index contributed by atoms with van der Waals surface area (Å²) in [6.07, 6.45) is -7.14. The molecule has 0 radical (unpaired) electrons. The fourth-order valence-corrected chi connectivity index (χ4v) is 5.07. The van der Waals surface area contributed by atoms with Crippen molar-refractivity contribution in [1.29, 1.82) is 0 Å². The van der Waals surface area contributed by atoms with E-state index in [1.165, 1.54) is 48.5 Å². The maximum atomic E-state index is 14.0. The Morgan fingerprint density at radius 2 is 1.52 bits per heavy atom. The monoisotopic (exact) mass is 676 g/mol. The second kappa shape index (κ2) is 15.0. The molecule has 0 saturated heterocycles. The number of alkyl halides is 6. The molecule has 0 aliphatic carbocycles. The molecular formula is C33H30F6N4O5. The Labute approximate surface area is 270 Å². The van der Waals surface area contributed by atoms with Crippen LogP contribution in [0.15, 0.2) is 85.2 Å². The van der Waals surface area contributed by atoms with Gasteiger partial charge < -0.3 is 20.5 Å². The van der Waals surface area contributed by atoms with Crippen molar-refractivity contribution in [2.75, 3.05) is 11.9 Å². The molecule has 3 aromatic carbocycles. The van der Waals surface area contributed by atoms with E-state index in [4.69, 9.17) is 5.11 Å². The third kappa shape index (κ3) is 9.59. The number of ether oxygens (including phenoxy) is 1. The van der Waals surface area contributed by atoms with Crippen molar-refractivity contribution in [3.63, 3.8) is 0 Å². The van der Waals surface area contributed by atoms with Gasteiger partial charge in [-0.25, -0.2) is 4.68 Å². The molecule has 15 heteroatoms. The number of halogens is 6. The number of nitrogens with zero attached hydrogens (tertiary/aromatic N) is 2. The number of hydrogen-bond acceptors (Lipinski definition) is 5. The molecule has 0 aliphatic rings. The average Bonchev–Trinajstić information content (AvgIpc) is 3.53. The summed E-state index contributed by atoms with van der Waals surface area (Å²) in [5.41, 5.74) is 0.971. The fraction of sp³-hybridized carbons (Fsp3) is 0.273. The lowest BCUT2D eigenvalue weighted by atomic mass is 9.78. The summed E-state index contributed by atoms with van der Waals surface area (Å²) >= 11 is 0. The minimum atomic E-state index is -4.92. The van der Waals surface area contributed by atoms with Crippen molar-refractivity contribution in [2.45, 2.75) is 50.6 Å². The number of carbonyl (C=O) groups excluding carboxylic acids is 2. The van der Waals surface area contributed by atoms with E-state index in [1.807, 2.05) is 6.92 Å². The van der Waals surface area contributed by atoms with Gasteiger partial charge in [-0.2, -0.15) is 18.3 Å². The number of nitrogens with one attached hydrogen (secondary N) is 2. The summed E-state index contributed by atoms with van der Waals surface area (Å²) in [6.45, 7) is 1.83. The van der Waals surface area contributed by atoms with Crippen LogP contribution in [0.25, 0.3) is 5.69 Å². The lowest BCUT2D eigenvalue weighted by Crippen LogP contribution is -2.27. The Kier molecular flexibility index (Phi) is 11.1. The lowest BCUT2D eigenvalue weighted by Gasteiger charge is -2.28. The number of aromatic nitrogens is 2. The Morgan fingerprint density at radius 1 is 0.896 bits per heavy atom. The zero-order chi connectivity index (χ0) is 35.1. The minimum absolute atomic E-state index is 0.0673. The van der Waals surface area contributed by atoms with Crippen LogP contribution in [0.2, 0.25) is 0 Å². The van der Waals surface area contributed by atoms with Gasteiger partial charge in [-0.3, -0.25) is 14.4 Å². The van der Waals surface area contributed by atoms with E-state index in [9.17, 15) is 40.7 Å². The first-order valence-corrected chi connectivity index (χ1v) is 14.6. The molecule has 0 bridgehead atoms. The highest BCUT2D eigenvalue weighted by atomic mass is 19.4. The van der Waals surface area contributed by atoms with Crippen molar-refractivity contribution < 1.29 is 50.6 Å². The first-order valence-electron chi connectivity index (χ1n) is 14.6. The number of hydrogen-bond donors (Lipinski definition) is 3. The van der Waals surface area contributed by atoms with E-state index < -0.39 is 53.5 Å². The van der Waals surface area contributed by atoms with Gasteiger partial charge in [0.1, 0.15) is 5.75 Å². The number of amides is 2. The van der Waals surface area contributed by atoms with Crippen molar-refractivity contribution in [2.24, 2.45) is 0 Å². The van der Waals surface area contributed by atoms with Crippen LogP contribution in [0, 0.1) is 0 Å². The molecule has 254 valence electrons. The molecule has 9 nitrogen and oxygen atoms in total. The predicted molar refractivity (Wildman–Crippen MR) is 162 cm³/mol. The molecule has 1 heterocycles. The van der Waals surface area contributed by atoms with Gasteiger partial charge in [-0.1, -0.05) is 37.6 Å². The van der Waals surface area contributed by atoms with Gasteiger partial charge >= 0.3 is 18.5 Å². The maximum Gasteiger partial charge on any atom is 0.573 e. The van der Waals surface area contributed by atoms with Crippen molar-refractivity contribution in [3.05, 3.63) is 107 Å². The lowest BCUT2D eigenvalue weighted by molar-refractivity contribution is -0.274.